The molecule has 1 heterocycles. The van der Waals surface area contributed by atoms with Crippen LogP contribution >= 0.6 is 11.3 Å². The van der Waals surface area contributed by atoms with E-state index in [1.807, 2.05) is 0 Å². The fourth-order valence-electron chi connectivity index (χ4n) is 2.18. The van der Waals surface area contributed by atoms with Gasteiger partial charge in [0.1, 0.15) is 5.00 Å². The van der Waals surface area contributed by atoms with Crippen LogP contribution in [0.15, 0.2) is 0 Å². The fraction of sp³-hybridized carbons (Fsp3) is 0.500. The van der Waals surface area contributed by atoms with Crippen LogP contribution < -0.4 is 16.4 Å². The summed E-state index contributed by atoms with van der Waals surface area (Å²) in [7, 11) is 0. The van der Waals surface area contributed by atoms with Gasteiger partial charge in [0.25, 0.3) is 5.91 Å². The first-order chi connectivity index (χ1) is 9.13. The Bertz CT molecular complexity index is 499. The number of amides is 3. The quantitative estimate of drug-likeness (QED) is 0.602. The van der Waals surface area contributed by atoms with Crippen molar-refractivity contribution in [3.05, 3.63) is 16.0 Å². The number of anilines is 1. The van der Waals surface area contributed by atoms with Gasteiger partial charge in [-0.25, -0.2) is 4.79 Å². The predicted molar refractivity (Wildman–Crippen MR) is 73.6 cm³/mol. The van der Waals surface area contributed by atoms with Gasteiger partial charge in [0.05, 0.1) is 5.56 Å². The number of aliphatic hydroxyl groups excluding tert-OH is 1. The average molecular weight is 283 g/mol. The molecule has 0 bridgehead atoms. The van der Waals surface area contributed by atoms with E-state index in [-0.39, 0.29) is 12.6 Å². The molecule has 7 heteroatoms. The van der Waals surface area contributed by atoms with Gasteiger partial charge in [-0.2, -0.15) is 0 Å². The first-order valence-corrected chi connectivity index (χ1v) is 7.05. The number of carbonyl (C=O) groups is 2. The minimum Gasteiger partial charge on any atom is -0.396 e. The van der Waals surface area contributed by atoms with Crippen molar-refractivity contribution in [3.63, 3.8) is 0 Å². The number of thiophene rings is 1. The smallest absolute Gasteiger partial charge is 0.319 e. The van der Waals surface area contributed by atoms with E-state index in [1.165, 1.54) is 11.3 Å². The zero-order valence-electron chi connectivity index (χ0n) is 10.5. The lowest BCUT2D eigenvalue weighted by Crippen LogP contribution is -2.30. The number of carbonyl (C=O) groups excluding carboxylic acids is 2. The molecule has 19 heavy (non-hydrogen) atoms. The van der Waals surface area contributed by atoms with Gasteiger partial charge in [-0.15, -0.1) is 11.3 Å². The van der Waals surface area contributed by atoms with Crippen molar-refractivity contribution in [1.82, 2.24) is 5.32 Å². The van der Waals surface area contributed by atoms with Gasteiger partial charge < -0.3 is 16.2 Å². The molecule has 3 amide bonds. The third-order valence-electron chi connectivity index (χ3n) is 3.02. The number of fused-ring (bicyclic) bond motifs is 1. The van der Waals surface area contributed by atoms with Gasteiger partial charge in [-0.05, 0) is 31.2 Å². The highest BCUT2D eigenvalue weighted by Gasteiger charge is 2.25. The summed E-state index contributed by atoms with van der Waals surface area (Å²) in [6.45, 7) is 0.416. The van der Waals surface area contributed by atoms with Crippen molar-refractivity contribution in [2.24, 2.45) is 5.73 Å². The van der Waals surface area contributed by atoms with Crippen LogP contribution in [0.1, 0.15) is 33.6 Å². The first kappa shape index (κ1) is 13.8. The van der Waals surface area contributed by atoms with Crippen molar-refractivity contribution < 1.29 is 14.7 Å². The molecule has 0 saturated carbocycles. The second kappa shape index (κ2) is 6.03. The Hall–Kier alpha value is -1.60. The van der Waals surface area contributed by atoms with Gasteiger partial charge >= 0.3 is 6.03 Å². The summed E-state index contributed by atoms with van der Waals surface area (Å²) in [5, 5.41) is 14.4. The zero-order valence-corrected chi connectivity index (χ0v) is 11.3. The Kier molecular flexibility index (Phi) is 4.39. The SMILES string of the molecule is NC(=O)c1c(NC(=O)NCCCO)sc2c1CCC2. The summed E-state index contributed by atoms with van der Waals surface area (Å²) in [4.78, 5) is 24.3. The molecule has 0 radical (unpaired) electrons. The predicted octanol–water partition coefficient (Wildman–Crippen LogP) is 0.840. The van der Waals surface area contributed by atoms with E-state index in [4.69, 9.17) is 10.8 Å². The zero-order chi connectivity index (χ0) is 13.8. The van der Waals surface area contributed by atoms with E-state index in [0.717, 1.165) is 29.7 Å². The van der Waals surface area contributed by atoms with E-state index < -0.39 is 5.91 Å². The Morgan fingerprint density at radius 1 is 1.37 bits per heavy atom. The van der Waals surface area contributed by atoms with Crippen LogP contribution in [0.5, 0.6) is 0 Å². The van der Waals surface area contributed by atoms with Crippen LogP contribution in [0.25, 0.3) is 0 Å². The van der Waals surface area contributed by atoms with Crippen LogP contribution in [0, 0.1) is 0 Å². The molecule has 0 aliphatic heterocycles. The number of hydrogen-bond donors (Lipinski definition) is 4. The number of aryl methyl sites for hydroxylation is 1. The maximum absolute atomic E-state index is 11.6. The number of nitrogens with one attached hydrogen (secondary N) is 2. The van der Waals surface area contributed by atoms with Crippen LogP contribution in [-0.4, -0.2) is 30.2 Å². The summed E-state index contributed by atoms with van der Waals surface area (Å²) >= 11 is 1.42. The normalized spacial score (nSPS) is 13.1. The molecule has 0 spiro atoms. The standard InChI is InChI=1S/C12H17N3O3S/c13-10(17)9-7-3-1-4-8(7)19-11(9)15-12(18)14-5-2-6-16/h16H,1-6H2,(H2,13,17)(H2,14,15,18). The van der Waals surface area contributed by atoms with Crippen molar-refractivity contribution in [1.29, 1.82) is 0 Å². The van der Waals surface area contributed by atoms with E-state index in [9.17, 15) is 9.59 Å². The van der Waals surface area contributed by atoms with E-state index in [1.54, 1.807) is 0 Å². The van der Waals surface area contributed by atoms with Crippen LogP contribution in [0.4, 0.5) is 9.80 Å². The van der Waals surface area contributed by atoms with E-state index >= 15 is 0 Å². The van der Waals surface area contributed by atoms with Gasteiger partial charge in [0.2, 0.25) is 0 Å². The summed E-state index contributed by atoms with van der Waals surface area (Å²) in [5.74, 6) is -0.495. The molecule has 0 atom stereocenters. The lowest BCUT2D eigenvalue weighted by molar-refractivity contribution is 0.100. The van der Waals surface area contributed by atoms with Crippen molar-refractivity contribution in [3.8, 4) is 0 Å². The summed E-state index contributed by atoms with van der Waals surface area (Å²) < 4.78 is 0. The molecule has 0 saturated heterocycles. The summed E-state index contributed by atoms with van der Waals surface area (Å²) in [5.41, 5.74) is 6.83. The Balaban J connectivity index is 2.08. The third kappa shape index (κ3) is 3.05. The van der Waals surface area contributed by atoms with Crippen molar-refractivity contribution >= 4 is 28.3 Å². The lowest BCUT2D eigenvalue weighted by atomic mass is 10.1. The van der Waals surface area contributed by atoms with Crippen molar-refractivity contribution in [2.75, 3.05) is 18.5 Å². The number of rotatable bonds is 5. The van der Waals surface area contributed by atoms with Gasteiger partial charge in [0.15, 0.2) is 0 Å². The highest BCUT2D eigenvalue weighted by atomic mass is 32.1. The number of urea groups is 1. The molecule has 1 aromatic rings. The number of nitrogens with two attached hydrogens (primary N) is 1. The minimum absolute atomic E-state index is 0.0279. The molecule has 5 N–H and O–H groups in total. The molecule has 104 valence electrons. The monoisotopic (exact) mass is 283 g/mol. The van der Waals surface area contributed by atoms with E-state index in [2.05, 4.69) is 10.6 Å². The molecule has 1 aliphatic rings. The van der Waals surface area contributed by atoms with Crippen LogP contribution in [-0.2, 0) is 12.8 Å². The van der Waals surface area contributed by atoms with Gasteiger partial charge in [-0.3, -0.25) is 10.1 Å². The average Bonchev–Trinajstić information content (AvgIpc) is 2.88. The fourth-order valence-corrected chi connectivity index (χ4v) is 3.47. The lowest BCUT2D eigenvalue weighted by Gasteiger charge is -2.07. The maximum atomic E-state index is 11.6. The number of hydrogen-bond acceptors (Lipinski definition) is 4. The molecule has 0 fully saturated rings. The highest BCUT2D eigenvalue weighted by molar-refractivity contribution is 7.17. The molecular weight excluding hydrogens is 266 g/mol. The molecule has 0 unspecified atom stereocenters. The molecule has 1 aromatic heterocycles. The Morgan fingerprint density at radius 3 is 2.84 bits per heavy atom. The topological polar surface area (TPSA) is 104 Å². The number of aliphatic hydroxyl groups is 1. The Morgan fingerprint density at radius 2 is 2.16 bits per heavy atom. The maximum Gasteiger partial charge on any atom is 0.319 e. The molecule has 2 rings (SSSR count). The van der Waals surface area contributed by atoms with Crippen molar-refractivity contribution in [2.45, 2.75) is 25.7 Å². The minimum atomic E-state index is -0.495. The second-order valence-corrected chi connectivity index (χ2v) is 5.49. The summed E-state index contributed by atoms with van der Waals surface area (Å²) in [6, 6.07) is -0.379. The molecular formula is C12H17N3O3S. The van der Waals surface area contributed by atoms with Crippen LogP contribution in [0.2, 0.25) is 0 Å². The second-order valence-electron chi connectivity index (χ2n) is 4.38. The first-order valence-electron chi connectivity index (χ1n) is 6.23. The van der Waals surface area contributed by atoms with Gasteiger partial charge in [-0.1, -0.05) is 0 Å². The summed E-state index contributed by atoms with van der Waals surface area (Å²) in [6.07, 6.45) is 3.31. The van der Waals surface area contributed by atoms with Gasteiger partial charge in [0, 0.05) is 18.0 Å². The molecule has 1 aliphatic carbocycles. The van der Waals surface area contributed by atoms with Crippen LogP contribution in [0.3, 0.4) is 0 Å². The molecule has 6 nitrogen and oxygen atoms in total. The Labute approximate surface area is 115 Å². The van der Waals surface area contributed by atoms with E-state index in [0.29, 0.717) is 23.5 Å². The highest BCUT2D eigenvalue weighted by Crippen LogP contribution is 2.38. The number of primary amides is 1. The molecule has 0 aromatic carbocycles. The third-order valence-corrected chi connectivity index (χ3v) is 4.22. The largest absolute Gasteiger partial charge is 0.396 e.